The molecule has 0 fully saturated rings. The molecule has 0 aliphatic carbocycles. The van der Waals surface area contributed by atoms with Crippen LogP contribution in [-0.2, 0) is 4.74 Å². The van der Waals surface area contributed by atoms with E-state index in [1.807, 2.05) is 0 Å². The van der Waals surface area contributed by atoms with Gasteiger partial charge >= 0.3 is 17.8 Å². The number of anilines is 1. The molecule has 1 N–H and O–H groups in total. The standard InChI is InChI=1S/C19H17N3O5/c1-3-26-19(24)14-6-4-5-7-15(14)20-16(23)18-22-21-17(27-18)12-8-10-13(25-2)11-9-12/h4-11H,3H2,1-2H3,(H,20,23). The quantitative estimate of drug-likeness (QED) is 0.667. The zero-order valence-corrected chi connectivity index (χ0v) is 14.8. The summed E-state index contributed by atoms with van der Waals surface area (Å²) in [4.78, 5) is 24.4. The zero-order chi connectivity index (χ0) is 19.2. The SMILES string of the molecule is CCOC(=O)c1ccccc1NC(=O)c1nnc(-c2ccc(OC)cc2)o1. The van der Waals surface area contributed by atoms with Gasteiger partial charge in [0.05, 0.1) is 25.0 Å². The third kappa shape index (κ3) is 4.12. The molecule has 0 radical (unpaired) electrons. The summed E-state index contributed by atoms with van der Waals surface area (Å²) in [6.07, 6.45) is 0. The summed E-state index contributed by atoms with van der Waals surface area (Å²) >= 11 is 0. The summed E-state index contributed by atoms with van der Waals surface area (Å²) in [7, 11) is 1.57. The fourth-order valence-electron chi connectivity index (χ4n) is 2.32. The molecule has 0 aliphatic rings. The number of hydrogen-bond donors (Lipinski definition) is 1. The number of methoxy groups -OCH3 is 1. The minimum atomic E-state index is -0.626. The molecule has 0 bridgehead atoms. The van der Waals surface area contributed by atoms with Gasteiger partial charge in [0.25, 0.3) is 0 Å². The molecule has 8 nitrogen and oxygen atoms in total. The predicted molar refractivity (Wildman–Crippen MR) is 96.6 cm³/mol. The van der Waals surface area contributed by atoms with Gasteiger partial charge in [-0.05, 0) is 43.3 Å². The highest BCUT2D eigenvalue weighted by atomic mass is 16.5. The lowest BCUT2D eigenvalue weighted by molar-refractivity contribution is 0.0527. The van der Waals surface area contributed by atoms with E-state index >= 15 is 0 Å². The van der Waals surface area contributed by atoms with Crippen LogP contribution in [-0.4, -0.2) is 35.8 Å². The number of rotatable bonds is 6. The van der Waals surface area contributed by atoms with Crippen LogP contribution in [0.3, 0.4) is 0 Å². The van der Waals surface area contributed by atoms with Crippen molar-refractivity contribution in [2.45, 2.75) is 6.92 Å². The van der Waals surface area contributed by atoms with Crippen molar-refractivity contribution in [1.29, 1.82) is 0 Å². The summed E-state index contributed by atoms with van der Waals surface area (Å²) in [5, 5.41) is 10.2. The first kappa shape index (κ1) is 18.1. The average Bonchev–Trinajstić information content (AvgIpc) is 3.19. The van der Waals surface area contributed by atoms with Gasteiger partial charge in [0.15, 0.2) is 0 Å². The maximum atomic E-state index is 12.4. The number of carbonyl (C=O) groups excluding carboxylic acids is 2. The van der Waals surface area contributed by atoms with E-state index in [2.05, 4.69) is 15.5 Å². The second-order valence-electron chi connectivity index (χ2n) is 5.36. The van der Waals surface area contributed by atoms with E-state index in [-0.39, 0.29) is 24.0 Å². The lowest BCUT2D eigenvalue weighted by Gasteiger charge is -2.08. The Morgan fingerprint density at radius 3 is 2.52 bits per heavy atom. The van der Waals surface area contributed by atoms with Crippen LogP contribution in [0.2, 0.25) is 0 Å². The first-order chi connectivity index (χ1) is 13.1. The summed E-state index contributed by atoms with van der Waals surface area (Å²) in [5.74, 6) is -0.496. The monoisotopic (exact) mass is 367 g/mol. The second kappa shape index (κ2) is 8.13. The van der Waals surface area contributed by atoms with Crippen molar-refractivity contribution in [3.63, 3.8) is 0 Å². The highest BCUT2D eigenvalue weighted by molar-refractivity contribution is 6.05. The third-order valence-electron chi connectivity index (χ3n) is 3.63. The van der Waals surface area contributed by atoms with Gasteiger partial charge in [-0.2, -0.15) is 0 Å². The Kier molecular flexibility index (Phi) is 5.46. The Morgan fingerprint density at radius 1 is 1.07 bits per heavy atom. The first-order valence-electron chi connectivity index (χ1n) is 8.17. The van der Waals surface area contributed by atoms with E-state index in [9.17, 15) is 9.59 Å². The Labute approximate surface area is 155 Å². The third-order valence-corrected chi connectivity index (χ3v) is 3.63. The number of esters is 1. The fraction of sp³-hybridized carbons (Fsp3) is 0.158. The van der Waals surface area contributed by atoms with Crippen molar-refractivity contribution >= 4 is 17.6 Å². The molecule has 1 heterocycles. The average molecular weight is 367 g/mol. The summed E-state index contributed by atoms with van der Waals surface area (Å²) < 4.78 is 15.5. The maximum Gasteiger partial charge on any atom is 0.340 e. The number of aromatic nitrogens is 2. The second-order valence-corrected chi connectivity index (χ2v) is 5.36. The van der Waals surface area contributed by atoms with Crippen molar-refractivity contribution in [3.05, 3.63) is 60.0 Å². The maximum absolute atomic E-state index is 12.4. The van der Waals surface area contributed by atoms with Crippen LogP contribution < -0.4 is 10.1 Å². The smallest absolute Gasteiger partial charge is 0.340 e. The largest absolute Gasteiger partial charge is 0.497 e. The van der Waals surface area contributed by atoms with Crippen LogP contribution in [0.15, 0.2) is 52.9 Å². The predicted octanol–water partition coefficient (Wildman–Crippen LogP) is 3.17. The number of para-hydroxylation sites is 1. The van der Waals surface area contributed by atoms with E-state index in [1.165, 1.54) is 0 Å². The van der Waals surface area contributed by atoms with E-state index in [0.717, 1.165) is 0 Å². The van der Waals surface area contributed by atoms with Gasteiger partial charge in [0.2, 0.25) is 5.89 Å². The number of hydrogen-bond acceptors (Lipinski definition) is 7. The molecule has 1 aromatic heterocycles. The summed E-state index contributed by atoms with van der Waals surface area (Å²) in [6, 6.07) is 13.5. The van der Waals surface area contributed by atoms with Crippen LogP contribution in [0.1, 0.15) is 28.0 Å². The van der Waals surface area contributed by atoms with E-state index < -0.39 is 11.9 Å². The van der Waals surface area contributed by atoms with Gasteiger partial charge in [-0.25, -0.2) is 4.79 Å². The molecule has 138 valence electrons. The van der Waals surface area contributed by atoms with Gasteiger partial charge in [-0.15, -0.1) is 10.2 Å². The Hall–Kier alpha value is -3.68. The van der Waals surface area contributed by atoms with Crippen LogP contribution >= 0.6 is 0 Å². The van der Waals surface area contributed by atoms with Crippen molar-refractivity contribution in [2.75, 3.05) is 19.0 Å². The lowest BCUT2D eigenvalue weighted by atomic mass is 10.2. The van der Waals surface area contributed by atoms with Crippen LogP contribution in [0.25, 0.3) is 11.5 Å². The first-order valence-corrected chi connectivity index (χ1v) is 8.17. The number of ether oxygens (including phenoxy) is 2. The normalized spacial score (nSPS) is 10.3. The molecule has 27 heavy (non-hydrogen) atoms. The molecule has 1 amide bonds. The van der Waals surface area contributed by atoms with Crippen LogP contribution in [0, 0.1) is 0 Å². The topological polar surface area (TPSA) is 104 Å². The van der Waals surface area contributed by atoms with E-state index in [1.54, 1.807) is 62.6 Å². The van der Waals surface area contributed by atoms with Gasteiger partial charge in [0.1, 0.15) is 5.75 Å². The number of nitrogens with one attached hydrogen (secondary N) is 1. The Balaban J connectivity index is 1.78. The van der Waals surface area contributed by atoms with Crippen molar-refractivity contribution in [1.82, 2.24) is 10.2 Å². The van der Waals surface area contributed by atoms with Crippen molar-refractivity contribution in [2.24, 2.45) is 0 Å². The molecule has 0 saturated heterocycles. The summed E-state index contributed by atoms with van der Waals surface area (Å²) in [5.41, 5.74) is 1.18. The van der Waals surface area contributed by atoms with Gasteiger partial charge < -0.3 is 19.2 Å². The minimum absolute atomic E-state index is 0.196. The van der Waals surface area contributed by atoms with Gasteiger partial charge in [-0.1, -0.05) is 12.1 Å². The number of nitrogens with zero attached hydrogens (tertiary/aromatic N) is 2. The molecule has 8 heteroatoms. The van der Waals surface area contributed by atoms with E-state index in [0.29, 0.717) is 17.0 Å². The molecule has 0 spiro atoms. The molecule has 0 saturated carbocycles. The zero-order valence-electron chi connectivity index (χ0n) is 14.8. The van der Waals surface area contributed by atoms with E-state index in [4.69, 9.17) is 13.9 Å². The lowest BCUT2D eigenvalue weighted by Crippen LogP contribution is -2.16. The van der Waals surface area contributed by atoms with Crippen LogP contribution in [0.5, 0.6) is 5.75 Å². The molecular formula is C19H17N3O5. The Bertz CT molecular complexity index is 950. The van der Waals surface area contributed by atoms with Gasteiger partial charge in [0, 0.05) is 5.56 Å². The molecule has 2 aromatic carbocycles. The number of benzene rings is 2. The number of amides is 1. The molecule has 3 aromatic rings. The molecule has 0 aliphatic heterocycles. The summed E-state index contributed by atoms with van der Waals surface area (Å²) in [6.45, 7) is 1.94. The van der Waals surface area contributed by atoms with Gasteiger partial charge in [-0.3, -0.25) is 4.79 Å². The molecular weight excluding hydrogens is 350 g/mol. The number of carbonyl (C=O) groups is 2. The molecule has 0 unspecified atom stereocenters. The highest BCUT2D eigenvalue weighted by Crippen LogP contribution is 2.22. The molecule has 3 rings (SSSR count). The highest BCUT2D eigenvalue weighted by Gasteiger charge is 2.19. The van der Waals surface area contributed by atoms with Crippen LogP contribution in [0.4, 0.5) is 5.69 Å². The minimum Gasteiger partial charge on any atom is -0.497 e. The van der Waals surface area contributed by atoms with Crippen molar-refractivity contribution in [3.8, 4) is 17.2 Å². The fourth-order valence-corrected chi connectivity index (χ4v) is 2.32. The molecule has 0 atom stereocenters. The Morgan fingerprint density at radius 2 is 1.81 bits per heavy atom. The van der Waals surface area contributed by atoms with Crippen molar-refractivity contribution < 1.29 is 23.5 Å².